The van der Waals surface area contributed by atoms with Gasteiger partial charge in [-0.2, -0.15) is 0 Å². The van der Waals surface area contributed by atoms with Gasteiger partial charge in [0, 0.05) is 30.2 Å². The minimum atomic E-state index is -0.302. The highest BCUT2D eigenvalue weighted by Gasteiger charge is 2.29. The van der Waals surface area contributed by atoms with Crippen molar-refractivity contribution in [2.75, 3.05) is 32.7 Å². The van der Waals surface area contributed by atoms with E-state index in [9.17, 15) is 9.18 Å². The van der Waals surface area contributed by atoms with E-state index < -0.39 is 0 Å². The van der Waals surface area contributed by atoms with Crippen LogP contribution in [-0.4, -0.2) is 48.6 Å². The molecule has 3 rings (SSSR count). The monoisotopic (exact) mass is 353 g/mol. The molecule has 6 heteroatoms. The number of likely N-dealkylation sites (tertiary alicyclic amines) is 2. The normalized spacial score (nSPS) is 22.8. The molecule has 0 saturated carbocycles. The first-order valence-corrected chi connectivity index (χ1v) is 9.15. The third kappa shape index (κ3) is 3.83. The van der Waals surface area contributed by atoms with Gasteiger partial charge in [-0.05, 0) is 50.4 Å². The van der Waals surface area contributed by atoms with Crippen LogP contribution in [0.5, 0.6) is 0 Å². The Balaban J connectivity index is 1.72. The van der Waals surface area contributed by atoms with Crippen molar-refractivity contribution >= 4 is 17.6 Å². The summed E-state index contributed by atoms with van der Waals surface area (Å²) in [5.74, 6) is 0.245. The van der Waals surface area contributed by atoms with Crippen molar-refractivity contribution in [3.8, 4) is 0 Å². The molecule has 1 aromatic rings. The lowest BCUT2D eigenvalue weighted by Crippen LogP contribution is -2.43. The molecular formula is C18H25ClFN3O. The number of rotatable bonds is 4. The number of amides is 2. The summed E-state index contributed by atoms with van der Waals surface area (Å²) < 4.78 is 14.4. The lowest BCUT2D eigenvalue weighted by Gasteiger charge is -2.30. The highest BCUT2D eigenvalue weighted by molar-refractivity contribution is 6.31. The Morgan fingerprint density at radius 3 is 2.75 bits per heavy atom. The maximum Gasteiger partial charge on any atom is 0.317 e. The molecule has 2 fully saturated rings. The first kappa shape index (κ1) is 17.5. The lowest BCUT2D eigenvalue weighted by molar-refractivity contribution is 0.194. The third-order valence-electron chi connectivity index (χ3n) is 5.07. The van der Waals surface area contributed by atoms with Crippen molar-refractivity contribution in [3.63, 3.8) is 0 Å². The van der Waals surface area contributed by atoms with Crippen LogP contribution in [0.3, 0.4) is 0 Å². The fourth-order valence-corrected chi connectivity index (χ4v) is 4.00. The number of carbonyl (C=O) groups excluding carboxylic acids is 1. The molecule has 2 aliphatic rings. The molecular weight excluding hydrogens is 329 g/mol. The summed E-state index contributed by atoms with van der Waals surface area (Å²) in [7, 11) is 0. The summed E-state index contributed by atoms with van der Waals surface area (Å²) in [4.78, 5) is 16.4. The average Bonchev–Trinajstić information content (AvgIpc) is 3.21. The second-order valence-corrected chi connectivity index (χ2v) is 7.33. The number of halogens is 2. The molecule has 2 heterocycles. The van der Waals surface area contributed by atoms with E-state index in [1.54, 1.807) is 12.1 Å². The molecule has 0 bridgehead atoms. The first-order chi connectivity index (χ1) is 11.6. The van der Waals surface area contributed by atoms with Crippen LogP contribution in [-0.2, 0) is 0 Å². The van der Waals surface area contributed by atoms with Gasteiger partial charge < -0.3 is 10.2 Å². The fourth-order valence-electron chi connectivity index (χ4n) is 3.71. The number of hydrogen-bond donors (Lipinski definition) is 1. The molecule has 2 atom stereocenters. The van der Waals surface area contributed by atoms with Crippen molar-refractivity contribution in [1.82, 2.24) is 15.1 Å². The topological polar surface area (TPSA) is 35.6 Å². The zero-order valence-electron chi connectivity index (χ0n) is 14.1. The van der Waals surface area contributed by atoms with E-state index in [4.69, 9.17) is 11.6 Å². The predicted octanol–water partition coefficient (Wildman–Crippen LogP) is 3.67. The highest BCUT2D eigenvalue weighted by Crippen LogP contribution is 2.32. The molecule has 4 nitrogen and oxygen atoms in total. The summed E-state index contributed by atoms with van der Waals surface area (Å²) in [6.45, 7) is 5.93. The Labute approximate surface area is 147 Å². The second kappa shape index (κ2) is 7.70. The van der Waals surface area contributed by atoms with Gasteiger partial charge in [0.05, 0.1) is 6.04 Å². The molecule has 2 unspecified atom stereocenters. The number of urea groups is 1. The zero-order chi connectivity index (χ0) is 17.1. The molecule has 0 aliphatic carbocycles. The largest absolute Gasteiger partial charge is 0.336 e. The van der Waals surface area contributed by atoms with E-state index in [0.29, 0.717) is 23.0 Å². The van der Waals surface area contributed by atoms with E-state index in [2.05, 4.69) is 17.1 Å². The van der Waals surface area contributed by atoms with Crippen LogP contribution in [0.25, 0.3) is 0 Å². The summed E-state index contributed by atoms with van der Waals surface area (Å²) in [6, 6.07) is 4.49. The number of benzene rings is 1. The van der Waals surface area contributed by atoms with E-state index in [0.717, 1.165) is 45.4 Å². The molecule has 2 amide bonds. The van der Waals surface area contributed by atoms with Gasteiger partial charge in [-0.15, -0.1) is 0 Å². The van der Waals surface area contributed by atoms with Crippen molar-refractivity contribution in [2.24, 2.45) is 5.92 Å². The summed E-state index contributed by atoms with van der Waals surface area (Å²) in [6.07, 6.45) is 3.24. The van der Waals surface area contributed by atoms with Crippen LogP contribution in [0.15, 0.2) is 18.2 Å². The van der Waals surface area contributed by atoms with Crippen molar-refractivity contribution in [3.05, 3.63) is 34.6 Å². The smallest absolute Gasteiger partial charge is 0.317 e. The van der Waals surface area contributed by atoms with E-state index >= 15 is 0 Å². The molecule has 0 radical (unpaired) electrons. The average molecular weight is 354 g/mol. The zero-order valence-corrected chi connectivity index (χ0v) is 14.9. The number of hydrogen-bond acceptors (Lipinski definition) is 2. The summed E-state index contributed by atoms with van der Waals surface area (Å²) in [5, 5.41) is 3.42. The molecule has 0 spiro atoms. The van der Waals surface area contributed by atoms with Crippen LogP contribution < -0.4 is 5.32 Å². The molecule has 1 aromatic carbocycles. The molecule has 0 aromatic heterocycles. The minimum absolute atomic E-state index is 0.0593. The summed E-state index contributed by atoms with van der Waals surface area (Å²) in [5.41, 5.74) is 0.496. The molecule has 24 heavy (non-hydrogen) atoms. The van der Waals surface area contributed by atoms with Gasteiger partial charge in [-0.25, -0.2) is 9.18 Å². The van der Waals surface area contributed by atoms with Crippen LogP contribution in [0, 0.1) is 11.7 Å². The van der Waals surface area contributed by atoms with E-state index in [1.165, 1.54) is 6.07 Å². The molecule has 2 saturated heterocycles. The van der Waals surface area contributed by atoms with Crippen molar-refractivity contribution in [1.29, 1.82) is 0 Å². The van der Waals surface area contributed by atoms with Gasteiger partial charge in [0.1, 0.15) is 5.82 Å². The van der Waals surface area contributed by atoms with Crippen LogP contribution in [0.4, 0.5) is 9.18 Å². The number of nitrogens with one attached hydrogen (secondary N) is 1. The van der Waals surface area contributed by atoms with E-state index in [1.807, 2.05) is 4.90 Å². The highest BCUT2D eigenvalue weighted by atomic mass is 35.5. The van der Waals surface area contributed by atoms with Gasteiger partial charge in [0.25, 0.3) is 0 Å². The Kier molecular flexibility index (Phi) is 5.61. The number of carbonyl (C=O) groups is 1. The lowest BCUT2D eigenvalue weighted by atomic mass is 10.0. The maximum absolute atomic E-state index is 14.4. The van der Waals surface area contributed by atoms with Crippen LogP contribution in [0.1, 0.15) is 37.8 Å². The Morgan fingerprint density at radius 1 is 1.38 bits per heavy atom. The van der Waals surface area contributed by atoms with Gasteiger partial charge in [0.2, 0.25) is 0 Å². The van der Waals surface area contributed by atoms with E-state index in [-0.39, 0.29) is 17.9 Å². The number of nitrogens with zero attached hydrogens (tertiary/aromatic N) is 2. The molecule has 1 N–H and O–H groups in total. The van der Waals surface area contributed by atoms with Gasteiger partial charge in [0.15, 0.2) is 0 Å². The third-order valence-corrected chi connectivity index (χ3v) is 5.40. The van der Waals surface area contributed by atoms with Gasteiger partial charge >= 0.3 is 6.03 Å². The first-order valence-electron chi connectivity index (χ1n) is 8.77. The van der Waals surface area contributed by atoms with Gasteiger partial charge in [-0.3, -0.25) is 4.90 Å². The molecule has 132 valence electrons. The van der Waals surface area contributed by atoms with Crippen molar-refractivity contribution < 1.29 is 9.18 Å². The quantitative estimate of drug-likeness (QED) is 0.896. The Hall–Kier alpha value is -1.33. The molecule has 2 aliphatic heterocycles. The Morgan fingerprint density at radius 2 is 2.12 bits per heavy atom. The fraction of sp³-hybridized carbons (Fsp3) is 0.611. The maximum atomic E-state index is 14.4. The van der Waals surface area contributed by atoms with Crippen LogP contribution in [0.2, 0.25) is 5.02 Å². The summed E-state index contributed by atoms with van der Waals surface area (Å²) >= 11 is 6.27. The predicted molar refractivity (Wildman–Crippen MR) is 93.7 cm³/mol. The Bertz CT molecular complexity index is 571. The van der Waals surface area contributed by atoms with Gasteiger partial charge in [-0.1, -0.05) is 24.6 Å². The standard InChI is InChI=1S/C18H25ClFN3O/c1-13-7-10-23(12-13)18(24)21-11-16(22-8-2-3-9-22)17-14(19)5-4-6-15(17)20/h4-6,13,16H,2-3,7-12H2,1H3,(H,21,24). The van der Waals surface area contributed by atoms with Crippen molar-refractivity contribution in [2.45, 2.75) is 32.2 Å². The second-order valence-electron chi connectivity index (χ2n) is 6.92. The minimum Gasteiger partial charge on any atom is -0.336 e. The SMILES string of the molecule is CC1CCN(C(=O)NCC(c2c(F)cccc2Cl)N2CCCC2)C1. The van der Waals surface area contributed by atoms with Crippen LogP contribution >= 0.6 is 11.6 Å².